The summed E-state index contributed by atoms with van der Waals surface area (Å²) >= 11 is 0. The Balaban J connectivity index is 1.18. The normalized spacial score (nSPS) is 15.5. The average Bonchev–Trinajstić information content (AvgIpc) is 2.91. The topological polar surface area (TPSA) is 67.4 Å². The van der Waals surface area contributed by atoms with E-state index in [9.17, 15) is 4.79 Å². The van der Waals surface area contributed by atoms with E-state index in [0.717, 1.165) is 53.6 Å². The van der Waals surface area contributed by atoms with Crippen LogP contribution < -0.4 is 15.0 Å². The van der Waals surface area contributed by atoms with Gasteiger partial charge in [0, 0.05) is 24.3 Å². The van der Waals surface area contributed by atoms with Gasteiger partial charge in [0.1, 0.15) is 11.5 Å². The van der Waals surface area contributed by atoms with Crippen LogP contribution in [0.25, 0.3) is 11.3 Å². The van der Waals surface area contributed by atoms with E-state index in [1.54, 1.807) is 0 Å². The lowest BCUT2D eigenvalue weighted by molar-refractivity contribution is -0.120. The van der Waals surface area contributed by atoms with Crippen molar-refractivity contribution in [3.8, 4) is 22.8 Å². The van der Waals surface area contributed by atoms with Gasteiger partial charge < -0.3 is 15.0 Å². The highest BCUT2D eigenvalue weighted by atomic mass is 16.5. The number of hydrogen-bond donors (Lipinski definition) is 1. The standard InChI is InChI=1S/C29H28N4O2/c1-21-9-11-22(12-10-21)27-17-18-28(32-31-27)33-19-5-6-23(20-33)29(34)30-24-13-15-26(16-14-24)35-25-7-3-2-4-8-25/h2-4,7-18,23H,5-6,19-20H2,1H3,(H,30,34)/t23-/m0/s1. The molecule has 35 heavy (non-hydrogen) atoms. The van der Waals surface area contributed by atoms with E-state index in [-0.39, 0.29) is 11.8 Å². The number of para-hydroxylation sites is 1. The smallest absolute Gasteiger partial charge is 0.229 e. The first-order valence-corrected chi connectivity index (χ1v) is 11.9. The van der Waals surface area contributed by atoms with Gasteiger partial charge in [-0.05, 0) is 68.3 Å². The molecule has 1 amide bonds. The summed E-state index contributed by atoms with van der Waals surface area (Å²) in [7, 11) is 0. The molecular formula is C29H28N4O2. The van der Waals surface area contributed by atoms with E-state index in [4.69, 9.17) is 4.74 Å². The summed E-state index contributed by atoms with van der Waals surface area (Å²) in [4.78, 5) is 15.1. The Morgan fingerprint density at radius 2 is 1.63 bits per heavy atom. The summed E-state index contributed by atoms with van der Waals surface area (Å²) in [5.74, 6) is 2.23. The van der Waals surface area contributed by atoms with Gasteiger partial charge in [0.15, 0.2) is 5.82 Å². The molecule has 1 saturated heterocycles. The minimum Gasteiger partial charge on any atom is -0.457 e. The molecule has 4 aromatic rings. The van der Waals surface area contributed by atoms with E-state index in [1.165, 1.54) is 5.56 Å². The van der Waals surface area contributed by atoms with Crippen LogP contribution in [-0.4, -0.2) is 29.2 Å². The number of aryl methyl sites for hydroxylation is 1. The maximum absolute atomic E-state index is 13.0. The zero-order valence-electron chi connectivity index (χ0n) is 19.7. The number of amides is 1. The van der Waals surface area contributed by atoms with Crippen LogP contribution in [0.5, 0.6) is 11.5 Å². The predicted molar refractivity (Wildman–Crippen MR) is 139 cm³/mol. The van der Waals surface area contributed by atoms with E-state index >= 15 is 0 Å². The molecule has 2 heterocycles. The van der Waals surface area contributed by atoms with E-state index in [1.807, 2.05) is 66.7 Å². The molecule has 0 bridgehead atoms. The second kappa shape index (κ2) is 10.4. The molecule has 1 aliphatic heterocycles. The molecule has 0 unspecified atom stereocenters. The number of nitrogens with zero attached hydrogens (tertiary/aromatic N) is 3. The van der Waals surface area contributed by atoms with Gasteiger partial charge in [0.05, 0.1) is 11.6 Å². The quantitative estimate of drug-likeness (QED) is 0.373. The highest BCUT2D eigenvalue weighted by Gasteiger charge is 2.27. The summed E-state index contributed by atoms with van der Waals surface area (Å²) < 4.78 is 5.83. The fourth-order valence-electron chi connectivity index (χ4n) is 4.25. The van der Waals surface area contributed by atoms with Gasteiger partial charge in [-0.15, -0.1) is 10.2 Å². The number of hydrogen-bond acceptors (Lipinski definition) is 5. The number of aromatic nitrogens is 2. The third-order valence-corrected chi connectivity index (χ3v) is 6.21. The van der Waals surface area contributed by atoms with Crippen LogP contribution in [0.4, 0.5) is 11.5 Å². The molecule has 3 aromatic carbocycles. The van der Waals surface area contributed by atoms with Gasteiger partial charge in [-0.2, -0.15) is 0 Å². The minimum atomic E-state index is -0.109. The number of carbonyl (C=O) groups is 1. The number of piperidine rings is 1. The van der Waals surface area contributed by atoms with Crippen molar-refractivity contribution in [1.82, 2.24) is 10.2 Å². The zero-order valence-corrected chi connectivity index (χ0v) is 19.7. The Morgan fingerprint density at radius 1 is 0.886 bits per heavy atom. The monoisotopic (exact) mass is 464 g/mol. The maximum Gasteiger partial charge on any atom is 0.229 e. The van der Waals surface area contributed by atoms with Crippen molar-refractivity contribution in [1.29, 1.82) is 0 Å². The number of carbonyl (C=O) groups excluding carboxylic acids is 1. The van der Waals surface area contributed by atoms with Crippen LogP contribution in [0.3, 0.4) is 0 Å². The number of benzene rings is 3. The molecule has 1 fully saturated rings. The van der Waals surface area contributed by atoms with Gasteiger partial charge in [-0.3, -0.25) is 4.79 Å². The van der Waals surface area contributed by atoms with Crippen molar-refractivity contribution >= 4 is 17.4 Å². The van der Waals surface area contributed by atoms with E-state index in [2.05, 4.69) is 51.6 Å². The summed E-state index contributed by atoms with van der Waals surface area (Å²) in [5, 5.41) is 11.9. The highest BCUT2D eigenvalue weighted by Crippen LogP contribution is 2.26. The molecule has 0 spiro atoms. The van der Waals surface area contributed by atoms with Crippen molar-refractivity contribution in [2.24, 2.45) is 5.92 Å². The minimum absolute atomic E-state index is 0.0238. The Kier molecular flexibility index (Phi) is 6.70. The molecule has 1 aromatic heterocycles. The largest absolute Gasteiger partial charge is 0.457 e. The van der Waals surface area contributed by atoms with Crippen LogP contribution in [0.15, 0.2) is 91.0 Å². The lowest BCUT2D eigenvalue weighted by Gasteiger charge is -2.32. The van der Waals surface area contributed by atoms with Crippen LogP contribution in [-0.2, 0) is 4.79 Å². The molecule has 1 aliphatic rings. The molecule has 6 nitrogen and oxygen atoms in total. The average molecular weight is 465 g/mol. The van der Waals surface area contributed by atoms with E-state index in [0.29, 0.717) is 6.54 Å². The van der Waals surface area contributed by atoms with Crippen molar-refractivity contribution in [2.75, 3.05) is 23.3 Å². The number of ether oxygens (including phenoxy) is 1. The van der Waals surface area contributed by atoms with Crippen LogP contribution in [0, 0.1) is 12.8 Å². The maximum atomic E-state index is 13.0. The summed E-state index contributed by atoms with van der Waals surface area (Å²) in [6, 6.07) is 29.3. The fraction of sp³-hybridized carbons (Fsp3) is 0.207. The van der Waals surface area contributed by atoms with Crippen LogP contribution >= 0.6 is 0 Å². The SMILES string of the molecule is Cc1ccc(-c2ccc(N3CCC[C@H](C(=O)Nc4ccc(Oc5ccccc5)cc4)C3)nn2)cc1. The zero-order chi connectivity index (χ0) is 24.0. The third-order valence-electron chi connectivity index (χ3n) is 6.21. The van der Waals surface area contributed by atoms with Gasteiger partial charge in [0.2, 0.25) is 5.91 Å². The Bertz CT molecular complexity index is 1260. The predicted octanol–water partition coefficient (Wildman–Crippen LogP) is 6.10. The summed E-state index contributed by atoms with van der Waals surface area (Å²) in [5.41, 5.74) is 3.87. The third kappa shape index (κ3) is 5.66. The molecule has 1 atom stereocenters. The Hall–Kier alpha value is -4.19. The fourth-order valence-corrected chi connectivity index (χ4v) is 4.25. The van der Waals surface area contributed by atoms with Gasteiger partial charge in [-0.1, -0.05) is 48.0 Å². The van der Waals surface area contributed by atoms with Crippen molar-refractivity contribution in [3.05, 3.63) is 96.6 Å². The lowest BCUT2D eigenvalue weighted by atomic mass is 9.97. The van der Waals surface area contributed by atoms with Crippen LogP contribution in [0.2, 0.25) is 0 Å². The summed E-state index contributed by atoms with van der Waals surface area (Å²) in [6.07, 6.45) is 1.79. The van der Waals surface area contributed by atoms with E-state index < -0.39 is 0 Å². The van der Waals surface area contributed by atoms with Crippen molar-refractivity contribution < 1.29 is 9.53 Å². The first-order chi connectivity index (χ1) is 17.1. The molecule has 6 heteroatoms. The number of nitrogens with one attached hydrogen (secondary N) is 1. The van der Waals surface area contributed by atoms with Crippen molar-refractivity contribution in [3.63, 3.8) is 0 Å². The second-order valence-electron chi connectivity index (χ2n) is 8.86. The summed E-state index contributed by atoms with van der Waals surface area (Å²) in [6.45, 7) is 3.56. The second-order valence-corrected chi connectivity index (χ2v) is 8.86. The first kappa shape index (κ1) is 22.6. The molecule has 5 rings (SSSR count). The first-order valence-electron chi connectivity index (χ1n) is 11.9. The van der Waals surface area contributed by atoms with Gasteiger partial charge in [-0.25, -0.2) is 0 Å². The molecule has 1 N–H and O–H groups in total. The van der Waals surface area contributed by atoms with Gasteiger partial charge >= 0.3 is 0 Å². The Labute approximate surface area is 205 Å². The van der Waals surface area contributed by atoms with Crippen molar-refractivity contribution in [2.45, 2.75) is 19.8 Å². The highest BCUT2D eigenvalue weighted by molar-refractivity contribution is 5.93. The van der Waals surface area contributed by atoms with Crippen LogP contribution in [0.1, 0.15) is 18.4 Å². The Morgan fingerprint density at radius 3 is 2.34 bits per heavy atom. The molecule has 0 aliphatic carbocycles. The number of rotatable bonds is 6. The molecular weight excluding hydrogens is 436 g/mol. The molecule has 0 radical (unpaired) electrons. The number of anilines is 2. The lowest BCUT2D eigenvalue weighted by Crippen LogP contribution is -2.41. The van der Waals surface area contributed by atoms with Gasteiger partial charge in [0.25, 0.3) is 0 Å². The molecule has 0 saturated carbocycles. The molecule has 176 valence electrons.